The Hall–Kier alpha value is -3.42. The van der Waals surface area contributed by atoms with E-state index >= 15 is 0 Å². The minimum absolute atomic E-state index is 0.0334. The van der Waals surface area contributed by atoms with Gasteiger partial charge in [-0.25, -0.2) is 15.0 Å². The summed E-state index contributed by atoms with van der Waals surface area (Å²) in [6.07, 6.45) is 1.56. The Bertz CT molecular complexity index is 830. The monoisotopic (exact) mass is 295 g/mol. The molecule has 8 nitrogen and oxygen atoms in total. The normalized spacial score (nSPS) is 10.5. The summed E-state index contributed by atoms with van der Waals surface area (Å²) in [6.45, 7) is 0. The molecule has 2 heterocycles. The van der Waals surface area contributed by atoms with Gasteiger partial charge in [-0.2, -0.15) is 4.98 Å². The van der Waals surface area contributed by atoms with Crippen LogP contribution in [0.1, 0.15) is 0 Å². The number of nitrogens with two attached hydrogens (primary N) is 3. The van der Waals surface area contributed by atoms with E-state index in [1.54, 1.807) is 24.4 Å². The largest absolute Gasteiger partial charge is 0.507 e. The van der Waals surface area contributed by atoms with Crippen molar-refractivity contribution < 1.29 is 5.11 Å². The summed E-state index contributed by atoms with van der Waals surface area (Å²) in [5, 5.41) is 10.1. The van der Waals surface area contributed by atoms with Crippen molar-refractivity contribution in [2.75, 3.05) is 17.2 Å². The fraction of sp³-hybridized carbons (Fsp3) is 0. The molecule has 0 bridgehead atoms. The SMILES string of the molecule is Nc1cc(-c2cc(-c3ccnc(N)n3)ccc2O)nc(N)n1. The molecule has 0 aliphatic carbocycles. The molecule has 0 amide bonds. The Morgan fingerprint density at radius 3 is 2.32 bits per heavy atom. The summed E-state index contributed by atoms with van der Waals surface area (Å²) >= 11 is 0. The number of hydrogen-bond acceptors (Lipinski definition) is 8. The molecular weight excluding hydrogens is 282 g/mol. The number of nitrogens with zero attached hydrogens (tertiary/aromatic N) is 4. The van der Waals surface area contributed by atoms with Crippen molar-refractivity contribution in [1.82, 2.24) is 19.9 Å². The van der Waals surface area contributed by atoms with E-state index < -0.39 is 0 Å². The van der Waals surface area contributed by atoms with Crippen molar-refractivity contribution in [3.05, 3.63) is 36.5 Å². The van der Waals surface area contributed by atoms with Gasteiger partial charge in [0, 0.05) is 23.4 Å². The number of aromatic hydroxyl groups is 1. The van der Waals surface area contributed by atoms with Crippen LogP contribution in [0.3, 0.4) is 0 Å². The van der Waals surface area contributed by atoms with Crippen LogP contribution in [0.15, 0.2) is 36.5 Å². The maximum absolute atomic E-state index is 10.1. The number of phenols is 1. The van der Waals surface area contributed by atoms with Crippen molar-refractivity contribution in [3.63, 3.8) is 0 Å². The third-order valence-corrected chi connectivity index (χ3v) is 3.01. The summed E-state index contributed by atoms with van der Waals surface area (Å²) in [4.78, 5) is 15.9. The van der Waals surface area contributed by atoms with Crippen molar-refractivity contribution >= 4 is 17.7 Å². The maximum Gasteiger partial charge on any atom is 0.222 e. The topological polar surface area (TPSA) is 150 Å². The highest BCUT2D eigenvalue weighted by molar-refractivity contribution is 5.75. The van der Waals surface area contributed by atoms with Gasteiger partial charge in [0.05, 0.1) is 11.4 Å². The van der Waals surface area contributed by atoms with Crippen LogP contribution in [0.25, 0.3) is 22.5 Å². The molecule has 0 unspecified atom stereocenters. The Morgan fingerprint density at radius 2 is 1.59 bits per heavy atom. The van der Waals surface area contributed by atoms with E-state index in [-0.39, 0.29) is 23.5 Å². The number of anilines is 3. The number of nitrogen functional groups attached to an aromatic ring is 3. The van der Waals surface area contributed by atoms with Crippen LogP contribution >= 0.6 is 0 Å². The van der Waals surface area contributed by atoms with E-state index in [1.807, 2.05) is 0 Å². The first-order valence-corrected chi connectivity index (χ1v) is 6.35. The number of aromatic nitrogens is 4. The molecule has 110 valence electrons. The molecule has 22 heavy (non-hydrogen) atoms. The number of phenolic OH excluding ortho intramolecular Hbond substituents is 1. The predicted octanol–water partition coefficient (Wildman–Crippen LogP) is 1.05. The quantitative estimate of drug-likeness (QED) is 0.548. The standard InChI is InChI=1S/C14H13N7O/c15-12-6-10(20-14(17)21-12)8-5-7(1-2-11(8)22)9-3-4-18-13(16)19-9/h1-6,22H,(H2,16,18,19)(H4,15,17,20,21). The van der Waals surface area contributed by atoms with Gasteiger partial charge in [-0.05, 0) is 24.3 Å². The van der Waals surface area contributed by atoms with Gasteiger partial charge in [-0.3, -0.25) is 0 Å². The zero-order valence-corrected chi connectivity index (χ0v) is 11.4. The highest BCUT2D eigenvalue weighted by Gasteiger charge is 2.11. The first kappa shape index (κ1) is 13.6. The molecule has 0 aliphatic heterocycles. The minimum Gasteiger partial charge on any atom is -0.507 e. The van der Waals surface area contributed by atoms with E-state index in [0.717, 1.165) is 5.56 Å². The molecule has 2 aromatic heterocycles. The van der Waals surface area contributed by atoms with Crippen LogP contribution in [-0.4, -0.2) is 25.0 Å². The average Bonchev–Trinajstić information content (AvgIpc) is 2.46. The predicted molar refractivity (Wildman–Crippen MR) is 83.4 cm³/mol. The van der Waals surface area contributed by atoms with Crippen LogP contribution in [-0.2, 0) is 0 Å². The molecule has 7 N–H and O–H groups in total. The Labute approximate surface area is 125 Å². The van der Waals surface area contributed by atoms with E-state index in [9.17, 15) is 5.11 Å². The van der Waals surface area contributed by atoms with Gasteiger partial charge < -0.3 is 22.3 Å². The molecule has 0 fully saturated rings. The van der Waals surface area contributed by atoms with Crippen molar-refractivity contribution in [1.29, 1.82) is 0 Å². The van der Waals surface area contributed by atoms with Gasteiger partial charge in [0.2, 0.25) is 11.9 Å². The third-order valence-electron chi connectivity index (χ3n) is 3.01. The summed E-state index contributed by atoms with van der Waals surface area (Å²) in [7, 11) is 0. The summed E-state index contributed by atoms with van der Waals surface area (Å²) in [5.41, 5.74) is 19.1. The fourth-order valence-corrected chi connectivity index (χ4v) is 2.06. The molecule has 1 aromatic carbocycles. The number of rotatable bonds is 2. The van der Waals surface area contributed by atoms with Gasteiger partial charge in [-0.1, -0.05) is 0 Å². The molecular formula is C14H13N7O. The summed E-state index contributed by atoms with van der Waals surface area (Å²) in [5.74, 6) is 0.468. The maximum atomic E-state index is 10.1. The molecule has 8 heteroatoms. The lowest BCUT2D eigenvalue weighted by Crippen LogP contribution is -2.01. The molecule has 0 saturated carbocycles. The van der Waals surface area contributed by atoms with Crippen LogP contribution < -0.4 is 17.2 Å². The zero-order valence-electron chi connectivity index (χ0n) is 11.4. The highest BCUT2D eigenvalue weighted by atomic mass is 16.3. The number of hydrogen-bond donors (Lipinski definition) is 4. The zero-order chi connectivity index (χ0) is 15.7. The van der Waals surface area contributed by atoms with Crippen LogP contribution in [0, 0.1) is 0 Å². The molecule has 0 radical (unpaired) electrons. The average molecular weight is 295 g/mol. The van der Waals surface area contributed by atoms with E-state index in [1.165, 1.54) is 12.1 Å². The van der Waals surface area contributed by atoms with E-state index in [2.05, 4.69) is 19.9 Å². The molecule has 3 rings (SSSR count). The van der Waals surface area contributed by atoms with Gasteiger partial charge in [-0.15, -0.1) is 0 Å². The lowest BCUT2D eigenvalue weighted by molar-refractivity contribution is 0.477. The van der Waals surface area contributed by atoms with Gasteiger partial charge in [0.1, 0.15) is 11.6 Å². The summed E-state index contributed by atoms with van der Waals surface area (Å²) in [6, 6.07) is 8.23. The van der Waals surface area contributed by atoms with Gasteiger partial charge in [0.15, 0.2) is 0 Å². The Kier molecular flexibility index (Phi) is 3.18. The Morgan fingerprint density at radius 1 is 0.818 bits per heavy atom. The third kappa shape index (κ3) is 2.57. The van der Waals surface area contributed by atoms with Gasteiger partial charge in [0.25, 0.3) is 0 Å². The summed E-state index contributed by atoms with van der Waals surface area (Å²) < 4.78 is 0. The lowest BCUT2D eigenvalue weighted by atomic mass is 10.0. The van der Waals surface area contributed by atoms with Crippen LogP contribution in [0.2, 0.25) is 0 Å². The van der Waals surface area contributed by atoms with E-state index in [0.29, 0.717) is 17.0 Å². The number of benzene rings is 1. The molecule has 0 saturated heterocycles. The molecule has 0 spiro atoms. The lowest BCUT2D eigenvalue weighted by Gasteiger charge is -2.08. The molecule has 3 aromatic rings. The second kappa shape index (κ2) is 5.17. The van der Waals surface area contributed by atoms with Crippen LogP contribution in [0.4, 0.5) is 17.7 Å². The smallest absolute Gasteiger partial charge is 0.222 e. The van der Waals surface area contributed by atoms with Crippen molar-refractivity contribution in [2.45, 2.75) is 0 Å². The van der Waals surface area contributed by atoms with Crippen LogP contribution in [0.5, 0.6) is 5.75 Å². The molecule has 0 aliphatic rings. The first-order chi connectivity index (χ1) is 10.5. The second-order valence-electron chi connectivity index (χ2n) is 4.57. The van der Waals surface area contributed by atoms with Crippen molar-refractivity contribution in [2.24, 2.45) is 0 Å². The molecule has 0 atom stereocenters. The van der Waals surface area contributed by atoms with E-state index in [4.69, 9.17) is 17.2 Å². The van der Waals surface area contributed by atoms with Gasteiger partial charge >= 0.3 is 0 Å². The minimum atomic E-state index is 0.0334. The second-order valence-corrected chi connectivity index (χ2v) is 4.57. The Balaban J connectivity index is 2.14. The van der Waals surface area contributed by atoms with Crippen molar-refractivity contribution in [3.8, 4) is 28.3 Å². The first-order valence-electron chi connectivity index (χ1n) is 6.35. The highest BCUT2D eigenvalue weighted by Crippen LogP contribution is 2.32. The fourth-order valence-electron chi connectivity index (χ4n) is 2.06.